The summed E-state index contributed by atoms with van der Waals surface area (Å²) in [7, 11) is 0. The lowest BCUT2D eigenvalue weighted by Gasteiger charge is -1.97. The molecule has 126 valence electrons. The number of aromatic amines is 3. The van der Waals surface area contributed by atoms with Crippen LogP contribution in [0.15, 0.2) is 46.8 Å². The van der Waals surface area contributed by atoms with Crippen molar-refractivity contribution in [3.63, 3.8) is 0 Å². The van der Waals surface area contributed by atoms with Crippen molar-refractivity contribution in [3.8, 4) is 0 Å². The van der Waals surface area contributed by atoms with E-state index in [4.69, 9.17) is 0 Å². The molecule has 6 nitrogen and oxygen atoms in total. The number of allylic oxidation sites excluding steroid dienone is 1. The molecule has 0 aliphatic heterocycles. The third-order valence-corrected chi connectivity index (χ3v) is 3.57. The number of imidazole rings is 1. The van der Waals surface area contributed by atoms with E-state index < -0.39 is 16.9 Å². The van der Waals surface area contributed by atoms with E-state index in [9.17, 15) is 14.0 Å². The number of H-pyrrole nitrogens is 3. The number of aromatic nitrogens is 4. The van der Waals surface area contributed by atoms with Gasteiger partial charge in [0, 0.05) is 5.56 Å². The summed E-state index contributed by atoms with van der Waals surface area (Å²) < 4.78 is 13.7. The van der Waals surface area contributed by atoms with Crippen LogP contribution in [0.1, 0.15) is 23.9 Å². The van der Waals surface area contributed by atoms with Crippen LogP contribution in [0.3, 0.4) is 0 Å². The van der Waals surface area contributed by atoms with Crippen molar-refractivity contribution in [1.29, 1.82) is 0 Å². The smallest absolute Gasteiger partial charge is 0.272 e. The number of hydrogen-bond donors (Lipinski definition) is 3. The summed E-state index contributed by atoms with van der Waals surface area (Å²) in [4.78, 5) is 36.4. The molecule has 0 aliphatic rings. The second-order valence-electron chi connectivity index (χ2n) is 5.49. The minimum Gasteiger partial charge on any atom is -0.344 e. The monoisotopic (exact) mass is 338 g/mol. The molecule has 0 radical (unpaired) electrons. The number of hydrogen-bond acceptors (Lipinski definition) is 3. The third-order valence-electron chi connectivity index (χ3n) is 3.57. The number of halogens is 1. The van der Waals surface area contributed by atoms with Gasteiger partial charge in [0.05, 0.1) is 17.7 Å². The van der Waals surface area contributed by atoms with Crippen LogP contribution in [-0.4, -0.2) is 19.9 Å². The van der Waals surface area contributed by atoms with Gasteiger partial charge in [0.15, 0.2) is 0 Å². The molecular weight excluding hydrogens is 323 g/mol. The van der Waals surface area contributed by atoms with Crippen LogP contribution in [0.4, 0.5) is 4.39 Å². The van der Waals surface area contributed by atoms with Crippen molar-refractivity contribution in [2.45, 2.75) is 6.92 Å². The Balaban J connectivity index is 2.17. The number of benzene rings is 1. The van der Waals surface area contributed by atoms with E-state index >= 15 is 0 Å². The summed E-state index contributed by atoms with van der Waals surface area (Å²) >= 11 is 0. The van der Waals surface area contributed by atoms with Gasteiger partial charge in [0.25, 0.3) is 11.1 Å². The van der Waals surface area contributed by atoms with Crippen molar-refractivity contribution < 1.29 is 4.39 Å². The molecule has 1 aromatic carbocycles. The van der Waals surface area contributed by atoms with E-state index in [0.29, 0.717) is 11.4 Å². The molecule has 25 heavy (non-hydrogen) atoms. The zero-order chi connectivity index (χ0) is 18.0. The molecule has 0 bridgehead atoms. The Hall–Kier alpha value is -3.48. The molecule has 2 heterocycles. The summed E-state index contributed by atoms with van der Waals surface area (Å²) in [6, 6.07) is 5.97. The van der Waals surface area contributed by atoms with Crippen molar-refractivity contribution >= 4 is 17.7 Å². The van der Waals surface area contributed by atoms with Gasteiger partial charge in [-0.05, 0) is 30.7 Å². The van der Waals surface area contributed by atoms with Crippen LogP contribution in [0, 0.1) is 5.82 Å². The Bertz CT molecular complexity index is 1180. The zero-order valence-corrected chi connectivity index (χ0v) is 13.4. The van der Waals surface area contributed by atoms with Crippen molar-refractivity contribution in [1.82, 2.24) is 19.9 Å². The van der Waals surface area contributed by atoms with Crippen LogP contribution in [0.5, 0.6) is 0 Å². The third kappa shape index (κ3) is 3.40. The Kier molecular flexibility index (Phi) is 4.30. The quantitative estimate of drug-likeness (QED) is 0.653. The lowest BCUT2D eigenvalue weighted by molar-refractivity contribution is 0.625. The summed E-state index contributed by atoms with van der Waals surface area (Å²) in [6.07, 6.45) is 4.21. The molecule has 0 unspecified atom stereocenters. The SMILES string of the molecule is C=C(C)c1[nH]cnc1/C=c1\[nH]c(=O)/c(=C/c2ccccc2F)[nH]c1=O. The summed E-state index contributed by atoms with van der Waals surface area (Å²) in [6.45, 7) is 5.62. The fraction of sp³-hybridized carbons (Fsp3) is 0.0556. The van der Waals surface area contributed by atoms with Gasteiger partial charge >= 0.3 is 0 Å². The van der Waals surface area contributed by atoms with Crippen LogP contribution >= 0.6 is 0 Å². The average Bonchev–Trinajstić information content (AvgIpc) is 3.02. The summed E-state index contributed by atoms with van der Waals surface area (Å²) in [5.74, 6) is -0.485. The minimum atomic E-state index is -0.540. The molecular formula is C18H15FN4O2. The zero-order valence-electron chi connectivity index (χ0n) is 13.4. The van der Waals surface area contributed by atoms with Gasteiger partial charge in [-0.3, -0.25) is 9.59 Å². The van der Waals surface area contributed by atoms with Crippen molar-refractivity contribution in [3.05, 3.63) is 91.3 Å². The van der Waals surface area contributed by atoms with E-state index in [1.807, 2.05) is 0 Å². The lowest BCUT2D eigenvalue weighted by atomic mass is 10.2. The van der Waals surface area contributed by atoms with E-state index in [1.54, 1.807) is 19.1 Å². The normalized spacial score (nSPS) is 12.6. The highest BCUT2D eigenvalue weighted by Gasteiger charge is 2.05. The van der Waals surface area contributed by atoms with E-state index in [-0.39, 0.29) is 16.3 Å². The van der Waals surface area contributed by atoms with Crippen molar-refractivity contribution in [2.75, 3.05) is 0 Å². The van der Waals surface area contributed by atoms with Gasteiger partial charge in [0.1, 0.15) is 16.5 Å². The predicted molar refractivity (Wildman–Crippen MR) is 93.8 cm³/mol. The molecule has 0 saturated carbocycles. The maximum Gasteiger partial charge on any atom is 0.272 e. The fourth-order valence-corrected chi connectivity index (χ4v) is 2.34. The maximum absolute atomic E-state index is 13.7. The predicted octanol–water partition coefficient (Wildman–Crippen LogP) is 0.616. The minimum absolute atomic E-state index is 0.0330. The Morgan fingerprint density at radius 2 is 1.76 bits per heavy atom. The molecule has 0 saturated heterocycles. The van der Waals surface area contributed by atoms with E-state index in [0.717, 1.165) is 5.57 Å². The summed E-state index contributed by atoms with van der Waals surface area (Å²) in [5.41, 5.74) is 1.05. The largest absolute Gasteiger partial charge is 0.344 e. The second kappa shape index (κ2) is 6.56. The second-order valence-corrected chi connectivity index (χ2v) is 5.49. The Labute approximate surface area is 141 Å². The molecule has 3 aromatic rings. The van der Waals surface area contributed by atoms with E-state index in [1.165, 1.54) is 30.6 Å². The first kappa shape index (κ1) is 16.4. The number of rotatable bonds is 3. The molecule has 3 N–H and O–H groups in total. The highest BCUT2D eigenvalue weighted by molar-refractivity contribution is 5.66. The first-order valence-electron chi connectivity index (χ1n) is 7.45. The topological polar surface area (TPSA) is 94.4 Å². The van der Waals surface area contributed by atoms with Gasteiger partial charge in [-0.2, -0.15) is 0 Å². The van der Waals surface area contributed by atoms with Crippen LogP contribution in [0.2, 0.25) is 0 Å². The highest BCUT2D eigenvalue weighted by atomic mass is 19.1. The van der Waals surface area contributed by atoms with Crippen LogP contribution in [-0.2, 0) is 0 Å². The molecule has 7 heteroatoms. The maximum atomic E-state index is 13.7. The van der Waals surface area contributed by atoms with Crippen molar-refractivity contribution in [2.24, 2.45) is 0 Å². The fourth-order valence-electron chi connectivity index (χ4n) is 2.34. The highest BCUT2D eigenvalue weighted by Crippen LogP contribution is 2.12. The molecule has 2 aromatic heterocycles. The number of nitrogens with one attached hydrogen (secondary N) is 3. The number of nitrogens with zero attached hydrogens (tertiary/aromatic N) is 1. The molecule has 0 atom stereocenters. The average molecular weight is 338 g/mol. The molecule has 0 fully saturated rings. The van der Waals surface area contributed by atoms with Gasteiger partial charge < -0.3 is 15.0 Å². The first-order valence-corrected chi connectivity index (χ1v) is 7.45. The standard InChI is InChI=1S/C18H15FN4O2/c1-10(2)16-13(20-9-21-16)8-15-18(25)22-14(17(24)23-15)7-11-5-3-4-6-12(11)19/h3-9H,1H2,2H3,(H,20,21)(H,22,25)(H,23,24)/b14-7-,15-8-. The van der Waals surface area contributed by atoms with E-state index in [2.05, 4.69) is 26.5 Å². The first-order chi connectivity index (χ1) is 12.0. The van der Waals surface area contributed by atoms with Gasteiger partial charge in [-0.1, -0.05) is 24.8 Å². The van der Waals surface area contributed by atoms with Crippen LogP contribution < -0.4 is 21.8 Å². The molecule has 0 amide bonds. The molecule has 3 rings (SSSR count). The Morgan fingerprint density at radius 3 is 2.40 bits per heavy atom. The molecule has 0 aliphatic carbocycles. The van der Waals surface area contributed by atoms with Gasteiger partial charge in [0.2, 0.25) is 0 Å². The molecule has 0 spiro atoms. The van der Waals surface area contributed by atoms with Gasteiger partial charge in [-0.15, -0.1) is 0 Å². The Morgan fingerprint density at radius 1 is 1.12 bits per heavy atom. The van der Waals surface area contributed by atoms with Crippen LogP contribution in [0.25, 0.3) is 17.7 Å². The lowest BCUT2D eigenvalue weighted by Crippen LogP contribution is -2.46. The van der Waals surface area contributed by atoms with Gasteiger partial charge in [-0.25, -0.2) is 9.37 Å². The summed E-state index contributed by atoms with van der Waals surface area (Å²) in [5, 5.41) is 0.0136.